The van der Waals surface area contributed by atoms with Crippen molar-refractivity contribution in [2.24, 2.45) is 0 Å². The summed E-state index contributed by atoms with van der Waals surface area (Å²) in [5.41, 5.74) is 1.25. The lowest BCUT2D eigenvalue weighted by Crippen LogP contribution is -2.11. The van der Waals surface area contributed by atoms with Crippen LogP contribution in [0.5, 0.6) is 0 Å². The highest BCUT2D eigenvalue weighted by atomic mass is 16.4. The van der Waals surface area contributed by atoms with Gasteiger partial charge in [-0.15, -0.1) is 0 Å². The third kappa shape index (κ3) is 5.32. The second-order valence-corrected chi connectivity index (χ2v) is 2.44. The van der Waals surface area contributed by atoms with Crippen LogP contribution in [0.2, 0.25) is 0 Å². The molecule has 0 saturated carbocycles. The second-order valence-electron chi connectivity index (χ2n) is 2.44. The summed E-state index contributed by atoms with van der Waals surface area (Å²) in [6.07, 6.45) is 0. The first-order chi connectivity index (χ1) is 7.22. The van der Waals surface area contributed by atoms with E-state index >= 15 is 0 Å². The Bertz CT molecular complexity index is 339. The van der Waals surface area contributed by atoms with Gasteiger partial charge in [-0.3, -0.25) is 4.79 Å². The molecule has 2 N–H and O–H groups in total. The van der Waals surface area contributed by atoms with Gasteiger partial charge < -0.3 is 10.4 Å². The van der Waals surface area contributed by atoms with E-state index in [1.54, 1.807) is 24.3 Å². The van der Waals surface area contributed by atoms with Gasteiger partial charge in [0.15, 0.2) is 0 Å². The molecule has 15 heavy (non-hydrogen) atoms. The smallest absolute Gasteiger partial charge is 0.322 e. The summed E-state index contributed by atoms with van der Waals surface area (Å²) in [6.45, 7) is 3.88. The van der Waals surface area contributed by atoms with Crippen LogP contribution in [-0.2, 0) is 4.79 Å². The number of carboxylic acids is 1. The first kappa shape index (κ1) is 13.0. The van der Waals surface area contributed by atoms with Gasteiger partial charge in [0, 0.05) is 5.69 Å². The summed E-state index contributed by atoms with van der Waals surface area (Å²) >= 11 is 0. The lowest BCUT2D eigenvalue weighted by Gasteiger charge is -2.01. The van der Waals surface area contributed by atoms with Crippen LogP contribution >= 0.6 is 0 Å². The zero-order valence-corrected chi connectivity index (χ0v) is 8.82. The van der Waals surface area contributed by atoms with E-state index in [0.717, 1.165) is 0 Å². The van der Waals surface area contributed by atoms with E-state index in [4.69, 9.17) is 10.4 Å². The fourth-order valence-electron chi connectivity index (χ4n) is 0.840. The molecule has 0 heterocycles. The zero-order chi connectivity index (χ0) is 11.7. The van der Waals surface area contributed by atoms with Crippen molar-refractivity contribution in [3.63, 3.8) is 0 Å². The van der Waals surface area contributed by atoms with Crippen molar-refractivity contribution in [3.8, 4) is 6.07 Å². The molecule has 4 heteroatoms. The van der Waals surface area contributed by atoms with E-state index in [1.807, 2.05) is 19.9 Å². The number of nitriles is 1. The van der Waals surface area contributed by atoms with Crippen LogP contribution in [0.15, 0.2) is 24.3 Å². The first-order valence-electron chi connectivity index (χ1n) is 4.68. The molecule has 0 saturated heterocycles. The highest BCUT2D eigenvalue weighted by molar-refractivity contribution is 5.72. The van der Waals surface area contributed by atoms with Gasteiger partial charge in [-0.1, -0.05) is 13.8 Å². The largest absolute Gasteiger partial charge is 0.480 e. The predicted octanol–water partition coefficient (Wildman–Crippen LogP) is 2.08. The van der Waals surface area contributed by atoms with Gasteiger partial charge in [-0.05, 0) is 24.3 Å². The van der Waals surface area contributed by atoms with Crippen molar-refractivity contribution in [2.75, 3.05) is 11.9 Å². The zero-order valence-electron chi connectivity index (χ0n) is 8.82. The maximum absolute atomic E-state index is 10.2. The topological polar surface area (TPSA) is 73.1 Å². The summed E-state index contributed by atoms with van der Waals surface area (Å²) in [6, 6.07) is 8.57. The molecule has 0 aliphatic heterocycles. The quantitative estimate of drug-likeness (QED) is 0.794. The molecule has 0 aliphatic carbocycles. The van der Waals surface area contributed by atoms with Gasteiger partial charge in [0.1, 0.15) is 6.54 Å². The summed E-state index contributed by atoms with van der Waals surface area (Å²) in [4.78, 5) is 10.2. The Balaban J connectivity index is 0.000000921. The monoisotopic (exact) mass is 206 g/mol. The van der Waals surface area contributed by atoms with Crippen molar-refractivity contribution in [3.05, 3.63) is 29.8 Å². The molecule has 0 aromatic heterocycles. The molecular weight excluding hydrogens is 192 g/mol. The fraction of sp³-hybridized carbons (Fsp3) is 0.273. The van der Waals surface area contributed by atoms with Crippen molar-refractivity contribution >= 4 is 11.7 Å². The molecule has 1 rings (SSSR count). The molecule has 0 atom stereocenters. The number of nitrogens with zero attached hydrogens (tertiary/aromatic N) is 1. The van der Waals surface area contributed by atoms with Crippen LogP contribution in [0.1, 0.15) is 19.4 Å². The Hall–Kier alpha value is -2.02. The summed E-state index contributed by atoms with van der Waals surface area (Å²) in [7, 11) is 0. The van der Waals surface area contributed by atoms with E-state index in [1.165, 1.54) is 0 Å². The number of nitrogens with one attached hydrogen (secondary N) is 1. The minimum atomic E-state index is -0.913. The average Bonchev–Trinajstić information content (AvgIpc) is 2.30. The van der Waals surface area contributed by atoms with Gasteiger partial charge >= 0.3 is 5.97 Å². The van der Waals surface area contributed by atoms with Crippen molar-refractivity contribution in [1.29, 1.82) is 5.26 Å². The number of anilines is 1. The van der Waals surface area contributed by atoms with Crippen LogP contribution in [-0.4, -0.2) is 17.6 Å². The van der Waals surface area contributed by atoms with Gasteiger partial charge in [-0.2, -0.15) is 5.26 Å². The lowest BCUT2D eigenvalue weighted by molar-refractivity contribution is -0.134. The minimum absolute atomic E-state index is 0.119. The number of aliphatic carboxylic acids is 1. The molecule has 0 spiro atoms. The Morgan fingerprint density at radius 3 is 2.33 bits per heavy atom. The van der Waals surface area contributed by atoms with Gasteiger partial charge in [0.25, 0.3) is 0 Å². The van der Waals surface area contributed by atoms with Gasteiger partial charge in [0.05, 0.1) is 11.6 Å². The summed E-state index contributed by atoms with van der Waals surface area (Å²) < 4.78 is 0. The molecule has 4 nitrogen and oxygen atoms in total. The van der Waals surface area contributed by atoms with Crippen molar-refractivity contribution < 1.29 is 9.90 Å². The van der Waals surface area contributed by atoms with E-state index in [9.17, 15) is 4.79 Å². The molecule has 0 radical (unpaired) electrons. The maximum atomic E-state index is 10.2. The summed E-state index contributed by atoms with van der Waals surface area (Å²) in [5, 5.41) is 19.5. The molecule has 0 amide bonds. The average molecular weight is 206 g/mol. The molecule has 0 aliphatic rings. The fourth-order valence-corrected chi connectivity index (χ4v) is 0.840. The maximum Gasteiger partial charge on any atom is 0.322 e. The second kappa shape index (κ2) is 7.39. The molecule has 1 aromatic rings. The molecule has 80 valence electrons. The van der Waals surface area contributed by atoms with E-state index in [-0.39, 0.29) is 6.54 Å². The van der Waals surface area contributed by atoms with E-state index in [0.29, 0.717) is 11.3 Å². The number of carboxylic acid groups (broad SMARTS) is 1. The SMILES string of the molecule is CC.N#Cc1ccc(NCC(=O)O)cc1. The van der Waals surface area contributed by atoms with E-state index < -0.39 is 5.97 Å². The van der Waals surface area contributed by atoms with Crippen LogP contribution in [0.4, 0.5) is 5.69 Å². The Morgan fingerprint density at radius 2 is 1.93 bits per heavy atom. The van der Waals surface area contributed by atoms with Crippen LogP contribution < -0.4 is 5.32 Å². The predicted molar refractivity (Wildman–Crippen MR) is 58.6 cm³/mol. The van der Waals surface area contributed by atoms with Crippen LogP contribution in [0.3, 0.4) is 0 Å². The highest BCUT2D eigenvalue weighted by Crippen LogP contribution is 2.07. The van der Waals surface area contributed by atoms with Crippen molar-refractivity contribution in [1.82, 2.24) is 0 Å². The number of hydrogen-bond acceptors (Lipinski definition) is 3. The Labute approximate surface area is 89.2 Å². The Morgan fingerprint density at radius 1 is 1.40 bits per heavy atom. The van der Waals surface area contributed by atoms with E-state index in [2.05, 4.69) is 5.32 Å². The van der Waals surface area contributed by atoms with Crippen LogP contribution in [0.25, 0.3) is 0 Å². The molecule has 0 fully saturated rings. The summed E-state index contributed by atoms with van der Waals surface area (Å²) in [5.74, 6) is -0.913. The normalized spacial score (nSPS) is 8.07. The molecule has 0 unspecified atom stereocenters. The van der Waals surface area contributed by atoms with Gasteiger partial charge in [-0.25, -0.2) is 0 Å². The molecule has 0 bridgehead atoms. The molecule has 1 aromatic carbocycles. The highest BCUT2D eigenvalue weighted by Gasteiger charge is 1.96. The third-order valence-corrected chi connectivity index (χ3v) is 1.46. The number of hydrogen-bond donors (Lipinski definition) is 2. The number of carbonyl (C=O) groups is 1. The molecular formula is C11H14N2O2. The Kier molecular flexibility index (Phi) is 6.39. The van der Waals surface area contributed by atoms with Gasteiger partial charge in [0.2, 0.25) is 0 Å². The van der Waals surface area contributed by atoms with Crippen LogP contribution in [0, 0.1) is 11.3 Å². The number of rotatable bonds is 3. The number of benzene rings is 1. The lowest BCUT2D eigenvalue weighted by atomic mass is 10.2. The first-order valence-corrected chi connectivity index (χ1v) is 4.68. The minimum Gasteiger partial charge on any atom is -0.480 e. The standard InChI is InChI=1S/C9H8N2O2.C2H6/c10-5-7-1-3-8(4-2-7)11-6-9(12)13;1-2/h1-4,11H,6H2,(H,12,13);1-2H3. The van der Waals surface area contributed by atoms with Crippen molar-refractivity contribution in [2.45, 2.75) is 13.8 Å². The third-order valence-electron chi connectivity index (χ3n) is 1.46.